The Hall–Kier alpha value is -0.980. The third-order valence-electron chi connectivity index (χ3n) is 4.25. The maximum absolute atomic E-state index is 13.3. The lowest BCUT2D eigenvalue weighted by molar-refractivity contribution is -0.145. The highest BCUT2D eigenvalue weighted by atomic mass is 19.4. The number of carbonyl (C=O) groups excluding carboxylic acids is 2. The zero-order valence-electron chi connectivity index (χ0n) is 10.5. The van der Waals surface area contributed by atoms with Gasteiger partial charge < -0.3 is 27.3 Å². The summed E-state index contributed by atoms with van der Waals surface area (Å²) < 4.78 is 44.6. The Bertz CT molecular complexity index is 393. The van der Waals surface area contributed by atoms with Gasteiger partial charge in [0.05, 0.1) is 12.8 Å². The molecule has 0 aromatic carbocycles. The first-order valence-corrected chi connectivity index (χ1v) is 6.27. The molecule has 2 aliphatic rings. The van der Waals surface area contributed by atoms with E-state index in [0.717, 1.165) is 0 Å². The smallest absolute Gasteiger partial charge is 0.466 e. The molecule has 3 atom stereocenters. The topological polar surface area (TPSA) is 46.6 Å². The van der Waals surface area contributed by atoms with Crippen molar-refractivity contribution in [2.24, 2.45) is 11.8 Å². The fraction of sp³-hybridized carbons (Fsp3) is 0.800. The van der Waals surface area contributed by atoms with Crippen molar-refractivity contribution in [1.82, 2.24) is 4.81 Å². The van der Waals surface area contributed by atoms with Crippen LogP contribution < -0.4 is 0 Å². The number of carbonyl (C=O) groups is 2. The first-order chi connectivity index (χ1) is 8.88. The van der Waals surface area contributed by atoms with Crippen LogP contribution in [0.4, 0.5) is 12.9 Å². The van der Waals surface area contributed by atoms with Crippen LogP contribution in [-0.2, 0) is 14.3 Å². The molecule has 0 aromatic rings. The van der Waals surface area contributed by atoms with E-state index < -0.39 is 30.1 Å². The SMILES string of the molecule is CCOC(=O)[C@H]1C2CN([B]C=O)CC[C@]21[B-](F)(F)F. The number of halogens is 3. The molecule has 105 valence electrons. The summed E-state index contributed by atoms with van der Waals surface area (Å²) in [5.74, 6) is -2.64. The van der Waals surface area contributed by atoms with Crippen LogP contribution in [0.25, 0.3) is 0 Å². The van der Waals surface area contributed by atoms with Crippen molar-refractivity contribution in [2.75, 3.05) is 19.7 Å². The quantitative estimate of drug-likeness (QED) is 0.425. The van der Waals surface area contributed by atoms with Gasteiger partial charge in [0.2, 0.25) is 0 Å². The van der Waals surface area contributed by atoms with E-state index in [1.807, 2.05) is 0 Å². The predicted molar refractivity (Wildman–Crippen MR) is 64.1 cm³/mol. The fourth-order valence-electron chi connectivity index (χ4n) is 3.29. The lowest BCUT2D eigenvalue weighted by Gasteiger charge is -2.35. The first-order valence-electron chi connectivity index (χ1n) is 6.27. The molecule has 1 radical (unpaired) electrons. The second-order valence-electron chi connectivity index (χ2n) is 5.05. The number of fused-ring (bicyclic) bond motifs is 1. The van der Waals surface area contributed by atoms with Gasteiger partial charge in [0.15, 0.2) is 0 Å². The third kappa shape index (κ3) is 2.17. The molecule has 0 bridgehead atoms. The van der Waals surface area contributed by atoms with Crippen LogP contribution in [0.5, 0.6) is 0 Å². The highest BCUT2D eigenvalue weighted by molar-refractivity contribution is 6.65. The maximum atomic E-state index is 13.3. The molecular weight excluding hydrogens is 261 g/mol. The Morgan fingerprint density at radius 2 is 2.26 bits per heavy atom. The second kappa shape index (κ2) is 4.85. The van der Waals surface area contributed by atoms with E-state index in [9.17, 15) is 22.5 Å². The van der Waals surface area contributed by atoms with Gasteiger partial charge >= 0.3 is 12.9 Å². The Labute approximate surface area is 110 Å². The Morgan fingerprint density at radius 1 is 1.58 bits per heavy atom. The number of hydrogen-bond acceptors (Lipinski definition) is 4. The number of ether oxygens (including phenoxy) is 1. The molecule has 1 unspecified atom stereocenters. The van der Waals surface area contributed by atoms with Gasteiger partial charge in [-0.1, -0.05) is 6.42 Å². The summed E-state index contributed by atoms with van der Waals surface area (Å²) in [7, 11) is 1.23. The summed E-state index contributed by atoms with van der Waals surface area (Å²) >= 11 is 0. The van der Waals surface area contributed by atoms with E-state index in [2.05, 4.69) is 0 Å². The van der Waals surface area contributed by atoms with Crippen LogP contribution in [0, 0.1) is 11.8 Å². The molecular formula is C10H14B2F3NO3-. The second-order valence-corrected chi connectivity index (χ2v) is 5.05. The summed E-state index contributed by atoms with van der Waals surface area (Å²) in [4.78, 5) is 23.6. The van der Waals surface area contributed by atoms with E-state index in [0.29, 0.717) is 6.19 Å². The molecule has 4 nitrogen and oxygen atoms in total. The largest absolute Gasteiger partial charge is 0.485 e. The van der Waals surface area contributed by atoms with Gasteiger partial charge in [-0.3, -0.25) is 4.79 Å². The van der Waals surface area contributed by atoms with E-state index >= 15 is 0 Å². The summed E-state index contributed by atoms with van der Waals surface area (Å²) in [6.45, 7) is -3.22. The number of piperidine rings is 1. The van der Waals surface area contributed by atoms with E-state index in [-0.39, 0.29) is 26.1 Å². The Balaban J connectivity index is 2.16. The molecule has 0 N–H and O–H groups in total. The standard InChI is InChI=1S/C10H14B2F3NO3/c1-2-19-9(18)8-7-5-16(11-6-17)4-3-10(7,8)12(13,14)15/h6-8H,2-5H2,1H3/q-1/t7?,8-,10+/m1/s1. The predicted octanol–water partition coefficient (Wildman–Crippen LogP) is 0.898. The van der Waals surface area contributed by atoms with Gasteiger partial charge in [0, 0.05) is 5.92 Å². The van der Waals surface area contributed by atoms with Gasteiger partial charge in [0.1, 0.15) is 0 Å². The van der Waals surface area contributed by atoms with Crippen molar-refractivity contribution in [3.05, 3.63) is 0 Å². The molecule has 19 heavy (non-hydrogen) atoms. The number of nitrogens with zero attached hydrogens (tertiary/aromatic N) is 1. The highest BCUT2D eigenvalue weighted by Gasteiger charge is 2.76. The minimum Gasteiger partial charge on any atom is -0.466 e. The van der Waals surface area contributed by atoms with Gasteiger partial charge in [-0.15, -0.1) is 0 Å². The molecule has 2 rings (SSSR count). The van der Waals surface area contributed by atoms with Crippen LogP contribution >= 0.6 is 0 Å². The summed E-state index contributed by atoms with van der Waals surface area (Å²) in [5.41, 5.74) is 0. The van der Waals surface area contributed by atoms with E-state index in [1.54, 1.807) is 6.92 Å². The molecule has 0 amide bonds. The molecule has 1 aliphatic carbocycles. The van der Waals surface area contributed by atoms with Crippen molar-refractivity contribution in [2.45, 2.75) is 18.7 Å². The van der Waals surface area contributed by atoms with E-state index in [1.165, 1.54) is 12.2 Å². The number of esters is 1. The first kappa shape index (κ1) is 14.4. The summed E-state index contributed by atoms with van der Waals surface area (Å²) in [5, 5.41) is -1.89. The van der Waals surface area contributed by atoms with Crippen LogP contribution in [-0.4, -0.2) is 51.1 Å². The highest BCUT2D eigenvalue weighted by Crippen LogP contribution is 2.75. The Kier molecular flexibility index (Phi) is 3.68. The van der Waals surface area contributed by atoms with Crippen molar-refractivity contribution in [3.8, 4) is 0 Å². The molecule has 1 saturated carbocycles. The van der Waals surface area contributed by atoms with Crippen molar-refractivity contribution < 1.29 is 27.3 Å². The fourth-order valence-corrected chi connectivity index (χ4v) is 3.29. The average Bonchev–Trinajstić information content (AvgIpc) is 2.99. The van der Waals surface area contributed by atoms with Crippen LogP contribution in [0.2, 0.25) is 5.31 Å². The number of hydrogen-bond donors (Lipinski definition) is 0. The summed E-state index contributed by atoms with van der Waals surface area (Å²) in [6, 6.07) is 0. The summed E-state index contributed by atoms with van der Waals surface area (Å²) in [6.07, 6.45) is 0.405. The molecule has 1 heterocycles. The normalized spacial score (nSPS) is 34.3. The van der Waals surface area contributed by atoms with Gasteiger partial charge in [-0.05, 0) is 31.2 Å². The third-order valence-corrected chi connectivity index (χ3v) is 4.25. The van der Waals surface area contributed by atoms with Gasteiger partial charge in [0.25, 0.3) is 7.41 Å². The zero-order chi connectivity index (χ0) is 14.3. The van der Waals surface area contributed by atoms with Crippen LogP contribution in [0.3, 0.4) is 0 Å². The van der Waals surface area contributed by atoms with Gasteiger partial charge in [-0.25, -0.2) is 0 Å². The van der Waals surface area contributed by atoms with Gasteiger partial charge in [-0.2, -0.15) is 0 Å². The van der Waals surface area contributed by atoms with E-state index in [4.69, 9.17) is 4.74 Å². The molecule has 9 heteroatoms. The van der Waals surface area contributed by atoms with Crippen LogP contribution in [0.1, 0.15) is 13.3 Å². The minimum absolute atomic E-state index is 0.0766. The van der Waals surface area contributed by atoms with Crippen LogP contribution in [0.15, 0.2) is 0 Å². The lowest BCUT2D eigenvalue weighted by atomic mass is 9.62. The molecule has 1 aliphatic heterocycles. The lowest BCUT2D eigenvalue weighted by Crippen LogP contribution is -2.42. The maximum Gasteiger partial charge on any atom is 0.485 e. The zero-order valence-corrected chi connectivity index (χ0v) is 10.5. The minimum atomic E-state index is -5.10. The molecule has 2 fully saturated rings. The van der Waals surface area contributed by atoms with Crippen molar-refractivity contribution in [3.63, 3.8) is 0 Å². The molecule has 1 saturated heterocycles. The number of rotatable bonds is 5. The monoisotopic (exact) mass is 275 g/mol. The average molecular weight is 275 g/mol. The molecule has 0 aromatic heterocycles. The van der Waals surface area contributed by atoms with Crippen molar-refractivity contribution >= 4 is 26.5 Å². The van der Waals surface area contributed by atoms with Crippen molar-refractivity contribution in [1.29, 1.82) is 0 Å². The Morgan fingerprint density at radius 3 is 2.79 bits per heavy atom. The molecule has 0 spiro atoms.